The predicted octanol–water partition coefficient (Wildman–Crippen LogP) is 9.13. The van der Waals surface area contributed by atoms with Gasteiger partial charge in [-0.1, -0.05) is 127 Å². The van der Waals surface area contributed by atoms with Crippen LogP contribution in [-0.2, 0) is 11.8 Å². The molecule has 3 heteroatoms. The number of fused-ring (bicyclic) bond motifs is 11. The smallest absolute Gasteiger partial charge is 0.135 e. The molecule has 43 heavy (non-hydrogen) atoms. The molecule has 1 aromatic heterocycles. The number of rotatable bonds is 3. The number of hydrogen-bond donors (Lipinski definition) is 1. The Morgan fingerprint density at radius 1 is 0.628 bits per heavy atom. The molecule has 7 aromatic rings. The Bertz CT molecular complexity index is 2260. The number of hydrogen-bond acceptors (Lipinski definition) is 2. The quantitative estimate of drug-likeness (QED) is 0.237. The number of nitrogens with two attached hydrogens (primary N) is 1. The van der Waals surface area contributed by atoms with Crippen molar-refractivity contribution in [1.82, 2.24) is 4.57 Å². The van der Waals surface area contributed by atoms with Gasteiger partial charge in [0, 0.05) is 27.6 Å². The van der Waals surface area contributed by atoms with E-state index < -0.39 is 5.41 Å². The molecule has 9 rings (SSSR count). The van der Waals surface area contributed by atoms with Gasteiger partial charge in [0.15, 0.2) is 0 Å². The van der Waals surface area contributed by atoms with Crippen LogP contribution in [0.3, 0.4) is 0 Å². The van der Waals surface area contributed by atoms with Gasteiger partial charge in [-0.3, -0.25) is 0 Å². The molecule has 0 radical (unpaired) electrons. The van der Waals surface area contributed by atoms with Gasteiger partial charge in [-0.05, 0) is 46.9 Å². The van der Waals surface area contributed by atoms with E-state index in [1.165, 1.54) is 38.6 Å². The van der Waals surface area contributed by atoms with Crippen LogP contribution in [0, 0.1) is 0 Å². The molecule has 0 fully saturated rings. The van der Waals surface area contributed by atoms with Crippen molar-refractivity contribution in [2.24, 2.45) is 5.73 Å². The van der Waals surface area contributed by atoms with Gasteiger partial charge in [-0.15, -0.1) is 0 Å². The van der Waals surface area contributed by atoms with E-state index in [1.807, 2.05) is 30.3 Å². The van der Waals surface area contributed by atoms with E-state index in [1.54, 1.807) is 0 Å². The van der Waals surface area contributed by atoms with Crippen molar-refractivity contribution in [1.29, 1.82) is 0 Å². The van der Waals surface area contributed by atoms with Crippen molar-refractivity contribution in [3.05, 3.63) is 179 Å². The number of para-hydroxylation sites is 5. The van der Waals surface area contributed by atoms with Crippen LogP contribution < -0.4 is 10.5 Å². The molecule has 3 nitrogen and oxygen atoms in total. The lowest BCUT2D eigenvalue weighted by molar-refractivity contribution is 0.429. The van der Waals surface area contributed by atoms with Crippen LogP contribution in [0.5, 0.6) is 11.5 Å². The van der Waals surface area contributed by atoms with E-state index in [0.29, 0.717) is 6.42 Å². The van der Waals surface area contributed by atoms with Crippen LogP contribution in [0.2, 0.25) is 0 Å². The number of nitrogens with zero attached hydrogens (tertiary/aromatic N) is 1. The molecule has 0 amide bonds. The Kier molecular flexibility index (Phi) is 5.03. The van der Waals surface area contributed by atoms with Crippen LogP contribution in [0.1, 0.15) is 33.4 Å². The number of ether oxygens (including phenoxy) is 1. The summed E-state index contributed by atoms with van der Waals surface area (Å²) in [5, 5.41) is 2.53. The predicted molar refractivity (Wildman–Crippen MR) is 175 cm³/mol. The minimum atomic E-state index is -0.560. The lowest BCUT2D eigenvalue weighted by Crippen LogP contribution is -2.38. The lowest BCUT2D eigenvalue weighted by Gasteiger charge is -2.45. The summed E-state index contributed by atoms with van der Waals surface area (Å²) in [6, 6.07) is 49.7. The van der Waals surface area contributed by atoms with Gasteiger partial charge in [0.05, 0.1) is 22.1 Å². The normalized spacial score (nSPS) is 16.5. The van der Waals surface area contributed by atoms with E-state index in [4.69, 9.17) is 10.5 Å². The Hall–Kier alpha value is -5.54. The average Bonchev–Trinajstić information content (AvgIpc) is 3.41. The molecule has 0 saturated heterocycles. The second kappa shape index (κ2) is 8.98. The van der Waals surface area contributed by atoms with Crippen molar-refractivity contribution >= 4 is 27.5 Å². The van der Waals surface area contributed by atoms with Crippen molar-refractivity contribution in [3.8, 4) is 17.2 Å². The Labute approximate surface area is 250 Å². The Balaban J connectivity index is 1.38. The zero-order chi connectivity index (χ0) is 28.5. The van der Waals surface area contributed by atoms with Gasteiger partial charge in [0.2, 0.25) is 0 Å². The van der Waals surface area contributed by atoms with Crippen LogP contribution >= 0.6 is 0 Å². The first kappa shape index (κ1) is 24.1. The van der Waals surface area contributed by atoms with E-state index in [-0.39, 0.29) is 0 Å². The summed E-state index contributed by atoms with van der Waals surface area (Å²) < 4.78 is 9.32. The molecule has 6 aromatic carbocycles. The van der Waals surface area contributed by atoms with Gasteiger partial charge in [-0.25, -0.2) is 0 Å². The molecule has 0 saturated carbocycles. The molecule has 2 N–H and O–H groups in total. The Morgan fingerprint density at radius 3 is 2.21 bits per heavy atom. The molecular formula is C40H28N2O. The van der Waals surface area contributed by atoms with Crippen molar-refractivity contribution in [3.63, 3.8) is 0 Å². The monoisotopic (exact) mass is 552 g/mol. The lowest BCUT2D eigenvalue weighted by atomic mass is 9.61. The largest absolute Gasteiger partial charge is 0.456 e. The first-order valence-electron chi connectivity index (χ1n) is 14.8. The zero-order valence-electron chi connectivity index (χ0n) is 23.5. The van der Waals surface area contributed by atoms with E-state index >= 15 is 0 Å². The average molecular weight is 553 g/mol. The molecule has 1 unspecified atom stereocenters. The maximum Gasteiger partial charge on any atom is 0.135 e. The molecule has 204 valence electrons. The highest BCUT2D eigenvalue weighted by atomic mass is 16.5. The summed E-state index contributed by atoms with van der Waals surface area (Å²) in [4.78, 5) is 0. The van der Waals surface area contributed by atoms with Gasteiger partial charge >= 0.3 is 0 Å². The van der Waals surface area contributed by atoms with Gasteiger partial charge in [-0.2, -0.15) is 0 Å². The first-order chi connectivity index (χ1) is 21.3. The molecule has 0 bridgehead atoms. The minimum Gasteiger partial charge on any atom is -0.456 e. The number of aromatic nitrogens is 1. The summed E-state index contributed by atoms with van der Waals surface area (Å²) in [5.41, 5.74) is 17.4. The second-order valence-corrected chi connectivity index (χ2v) is 11.4. The van der Waals surface area contributed by atoms with Gasteiger partial charge < -0.3 is 15.0 Å². The van der Waals surface area contributed by atoms with E-state index in [9.17, 15) is 0 Å². The molecular weight excluding hydrogens is 524 g/mol. The fraction of sp³-hybridized carbons (Fsp3) is 0.0500. The highest BCUT2D eigenvalue weighted by molar-refractivity contribution is 6.12. The molecule has 1 atom stereocenters. The summed E-state index contributed by atoms with van der Waals surface area (Å²) in [6.07, 6.45) is 2.77. The van der Waals surface area contributed by atoms with Crippen LogP contribution in [0.4, 0.5) is 0 Å². The van der Waals surface area contributed by atoms with Crippen LogP contribution in [-0.4, -0.2) is 4.57 Å². The summed E-state index contributed by atoms with van der Waals surface area (Å²) >= 11 is 0. The fourth-order valence-electron chi connectivity index (χ4n) is 7.53. The third kappa shape index (κ3) is 3.19. The maximum absolute atomic E-state index is 6.86. The molecule has 2 aliphatic rings. The minimum absolute atomic E-state index is 0.560. The molecule has 1 spiro atoms. The summed E-state index contributed by atoms with van der Waals surface area (Å²) in [5.74, 6) is 1.80. The summed E-state index contributed by atoms with van der Waals surface area (Å²) in [7, 11) is 0. The van der Waals surface area contributed by atoms with Crippen LogP contribution in [0.25, 0.3) is 33.2 Å². The van der Waals surface area contributed by atoms with E-state index in [0.717, 1.165) is 39.4 Å². The third-order valence-electron chi connectivity index (χ3n) is 9.30. The maximum atomic E-state index is 6.86. The molecule has 2 aliphatic heterocycles. The Morgan fingerprint density at radius 2 is 1.30 bits per heavy atom. The highest BCUT2D eigenvalue weighted by Gasteiger charge is 2.50. The van der Waals surface area contributed by atoms with Crippen molar-refractivity contribution in [2.45, 2.75) is 11.8 Å². The standard InChI is InChI=1S/C40H28N2O/c41-34(26-12-2-1-3-13-26)25-24-27-14-10-20-33-39(27)43-37-23-9-6-18-31(37)40(33)30-17-5-8-22-36(30)42-35-21-7-4-15-28(35)29-16-11-19-32(40)38(29)42/h1-23,25H,24,41H2/b34-25-. The highest BCUT2D eigenvalue weighted by Crippen LogP contribution is 2.60. The fourth-order valence-corrected chi connectivity index (χ4v) is 7.53. The zero-order valence-corrected chi connectivity index (χ0v) is 23.5. The second-order valence-electron chi connectivity index (χ2n) is 11.4. The molecule has 0 aliphatic carbocycles. The topological polar surface area (TPSA) is 40.2 Å². The number of allylic oxidation sites excluding steroid dienone is 1. The van der Waals surface area contributed by atoms with Gasteiger partial charge in [0.25, 0.3) is 0 Å². The molecule has 3 heterocycles. The third-order valence-corrected chi connectivity index (χ3v) is 9.30. The van der Waals surface area contributed by atoms with Crippen LogP contribution in [0.15, 0.2) is 146 Å². The first-order valence-corrected chi connectivity index (χ1v) is 14.8. The van der Waals surface area contributed by atoms with Gasteiger partial charge in [0.1, 0.15) is 11.5 Å². The SMILES string of the molecule is N/C(=C\Cc1cccc2c1Oc1ccccc1C21c2ccccc2-n2c3ccccc3c3cccc1c32)c1ccccc1. The van der Waals surface area contributed by atoms with Crippen molar-refractivity contribution < 1.29 is 4.74 Å². The number of benzene rings is 6. The van der Waals surface area contributed by atoms with E-state index in [2.05, 4.69) is 120 Å². The summed E-state index contributed by atoms with van der Waals surface area (Å²) in [6.45, 7) is 0. The van der Waals surface area contributed by atoms with Crippen molar-refractivity contribution in [2.75, 3.05) is 0 Å².